The molecule has 1 aromatic carbocycles. The molecule has 28 heavy (non-hydrogen) atoms. The van der Waals surface area contributed by atoms with Crippen LogP contribution < -0.4 is 0 Å². The summed E-state index contributed by atoms with van der Waals surface area (Å²) in [5, 5.41) is 10.5. The maximum atomic E-state index is 9.81. The lowest BCUT2D eigenvalue weighted by Gasteiger charge is -2.36. The van der Waals surface area contributed by atoms with E-state index in [0.717, 1.165) is 54.7 Å². The summed E-state index contributed by atoms with van der Waals surface area (Å²) >= 11 is 7.83. The van der Waals surface area contributed by atoms with Gasteiger partial charge in [0.25, 0.3) is 0 Å². The highest BCUT2D eigenvalue weighted by molar-refractivity contribution is 7.98. The Kier molecular flexibility index (Phi) is 5.94. The zero-order valence-corrected chi connectivity index (χ0v) is 17.7. The molecule has 1 fully saturated rings. The molecule has 1 N–H and O–H groups in total. The van der Waals surface area contributed by atoms with Gasteiger partial charge < -0.3 is 9.51 Å². The van der Waals surface area contributed by atoms with Crippen molar-refractivity contribution in [1.82, 2.24) is 19.2 Å². The first-order chi connectivity index (χ1) is 13.5. The van der Waals surface area contributed by atoms with Crippen LogP contribution in [0.25, 0.3) is 16.9 Å². The minimum absolute atomic E-state index is 0.383. The number of pyridine rings is 1. The van der Waals surface area contributed by atoms with Gasteiger partial charge in [0.15, 0.2) is 0 Å². The van der Waals surface area contributed by atoms with Gasteiger partial charge in [0.2, 0.25) is 0 Å². The summed E-state index contributed by atoms with van der Waals surface area (Å²) in [7, 11) is 0. The largest absolute Gasteiger partial charge is 0.379 e. The van der Waals surface area contributed by atoms with Crippen molar-refractivity contribution in [3.8, 4) is 11.3 Å². The molecule has 1 atom stereocenters. The summed E-state index contributed by atoms with van der Waals surface area (Å²) in [5.41, 5.74) is 4.24. The van der Waals surface area contributed by atoms with E-state index in [1.54, 1.807) is 11.8 Å². The Morgan fingerprint density at radius 3 is 2.46 bits per heavy atom. The highest BCUT2D eigenvalue weighted by Gasteiger charge is 2.23. The van der Waals surface area contributed by atoms with Gasteiger partial charge in [-0.15, -0.1) is 11.8 Å². The molecule has 2 aromatic heterocycles. The summed E-state index contributed by atoms with van der Waals surface area (Å²) in [4.78, 5) is 10.7. The number of hydrogen-bond donors (Lipinski definition) is 1. The summed E-state index contributed by atoms with van der Waals surface area (Å²) in [6, 6.07) is 12.1. The predicted molar refractivity (Wildman–Crippen MR) is 116 cm³/mol. The van der Waals surface area contributed by atoms with E-state index in [4.69, 9.17) is 16.6 Å². The highest BCUT2D eigenvalue weighted by Crippen LogP contribution is 2.28. The number of piperazine rings is 1. The monoisotopic (exact) mass is 416 g/mol. The fourth-order valence-electron chi connectivity index (χ4n) is 3.69. The average molecular weight is 417 g/mol. The molecule has 5 nitrogen and oxygen atoms in total. The van der Waals surface area contributed by atoms with Crippen LogP contribution in [0.5, 0.6) is 0 Å². The summed E-state index contributed by atoms with van der Waals surface area (Å²) in [5.74, 6) is 0. The van der Waals surface area contributed by atoms with Crippen LogP contribution in [0.3, 0.4) is 0 Å². The Balaban J connectivity index is 1.70. The molecule has 3 heterocycles. The Bertz CT molecular complexity index is 949. The molecule has 1 saturated heterocycles. The van der Waals surface area contributed by atoms with Crippen LogP contribution in [-0.2, 0) is 6.54 Å². The molecule has 0 aliphatic carbocycles. The first-order valence-electron chi connectivity index (χ1n) is 9.50. The predicted octanol–water partition coefficient (Wildman–Crippen LogP) is 3.83. The van der Waals surface area contributed by atoms with Gasteiger partial charge in [-0.3, -0.25) is 9.80 Å². The van der Waals surface area contributed by atoms with Gasteiger partial charge >= 0.3 is 0 Å². The molecule has 0 saturated carbocycles. The molecule has 148 valence electrons. The van der Waals surface area contributed by atoms with Crippen LogP contribution in [0.1, 0.15) is 12.6 Å². The summed E-state index contributed by atoms with van der Waals surface area (Å²) in [6.07, 6.45) is 3.88. The molecule has 0 radical (unpaired) electrons. The molecule has 1 aliphatic rings. The molecule has 3 aromatic rings. The molecule has 0 amide bonds. The van der Waals surface area contributed by atoms with Crippen LogP contribution in [0, 0.1) is 0 Å². The van der Waals surface area contributed by atoms with Gasteiger partial charge in [-0.05, 0) is 37.4 Å². The third-order valence-electron chi connectivity index (χ3n) is 5.35. The molecule has 0 bridgehead atoms. The first kappa shape index (κ1) is 19.7. The second-order valence-electron chi connectivity index (χ2n) is 7.16. The van der Waals surface area contributed by atoms with Crippen molar-refractivity contribution in [2.45, 2.75) is 24.6 Å². The van der Waals surface area contributed by atoms with Crippen molar-refractivity contribution in [3.05, 3.63) is 53.3 Å². The van der Waals surface area contributed by atoms with Crippen molar-refractivity contribution in [3.63, 3.8) is 0 Å². The quantitative estimate of drug-likeness (QED) is 0.640. The van der Waals surface area contributed by atoms with Crippen LogP contribution in [0.15, 0.2) is 47.5 Å². The molecule has 4 rings (SSSR count). The van der Waals surface area contributed by atoms with Gasteiger partial charge in [-0.1, -0.05) is 23.7 Å². The van der Waals surface area contributed by atoms with Crippen molar-refractivity contribution in [1.29, 1.82) is 0 Å². The number of hydrogen-bond acceptors (Lipinski definition) is 5. The normalized spacial score (nSPS) is 17.3. The molecular weight excluding hydrogens is 392 g/mol. The maximum absolute atomic E-state index is 9.81. The van der Waals surface area contributed by atoms with Crippen LogP contribution >= 0.6 is 23.4 Å². The second-order valence-corrected chi connectivity index (χ2v) is 8.47. The second kappa shape index (κ2) is 8.43. The zero-order chi connectivity index (χ0) is 19.7. The van der Waals surface area contributed by atoms with Gasteiger partial charge in [-0.25, -0.2) is 4.98 Å². The number of aliphatic hydroxyl groups excluding tert-OH is 1. The Morgan fingerprint density at radius 2 is 1.82 bits per heavy atom. The molecule has 7 heteroatoms. The Hall–Kier alpha value is -1.57. The fraction of sp³-hybridized carbons (Fsp3) is 0.381. The highest BCUT2D eigenvalue weighted by atomic mass is 35.5. The first-order valence-corrected chi connectivity index (χ1v) is 11.1. The number of thioether (sulfide) groups is 1. The zero-order valence-electron chi connectivity index (χ0n) is 16.2. The van der Waals surface area contributed by atoms with Crippen molar-refractivity contribution in [2.75, 3.05) is 32.4 Å². The smallest absolute Gasteiger partial charge is 0.137 e. The molecular formula is C21H25ClN4OS. The molecule has 1 aliphatic heterocycles. The number of aromatic nitrogens is 2. The van der Waals surface area contributed by atoms with Gasteiger partial charge in [-0.2, -0.15) is 0 Å². The lowest BCUT2D eigenvalue weighted by Crippen LogP contribution is -2.49. The van der Waals surface area contributed by atoms with E-state index in [2.05, 4.69) is 38.8 Å². The van der Waals surface area contributed by atoms with Crippen molar-refractivity contribution < 1.29 is 5.11 Å². The number of benzene rings is 1. The fourth-order valence-corrected chi connectivity index (χ4v) is 4.23. The number of fused-ring (bicyclic) bond motifs is 1. The van der Waals surface area contributed by atoms with E-state index in [0.29, 0.717) is 0 Å². The standard InChI is InChI=1S/C21H25ClN4OS/c1-15(27)25-11-9-24(10-12-25)14-19-21(16-3-5-17(22)6-4-16)23-20-8-7-18(28-2)13-26(19)20/h3-8,13,15,27H,9-12,14H2,1-2H3. The number of imidazole rings is 1. The summed E-state index contributed by atoms with van der Waals surface area (Å²) < 4.78 is 2.22. The lowest BCUT2D eigenvalue weighted by molar-refractivity contribution is -0.0143. The van der Waals surface area contributed by atoms with E-state index in [1.165, 1.54) is 10.6 Å². The average Bonchev–Trinajstić information content (AvgIpc) is 3.06. The van der Waals surface area contributed by atoms with E-state index in [9.17, 15) is 5.11 Å². The van der Waals surface area contributed by atoms with E-state index < -0.39 is 0 Å². The maximum Gasteiger partial charge on any atom is 0.137 e. The van der Waals surface area contributed by atoms with Crippen molar-refractivity contribution >= 4 is 29.0 Å². The van der Waals surface area contributed by atoms with Gasteiger partial charge in [0, 0.05) is 54.4 Å². The van der Waals surface area contributed by atoms with Gasteiger partial charge in [0.1, 0.15) is 11.9 Å². The minimum atomic E-state index is -0.383. The minimum Gasteiger partial charge on any atom is -0.379 e. The third-order valence-corrected chi connectivity index (χ3v) is 6.32. The van der Waals surface area contributed by atoms with E-state index in [-0.39, 0.29) is 6.23 Å². The molecule has 1 unspecified atom stereocenters. The van der Waals surface area contributed by atoms with Crippen LogP contribution in [0.4, 0.5) is 0 Å². The summed E-state index contributed by atoms with van der Waals surface area (Å²) in [6.45, 7) is 6.27. The number of rotatable bonds is 5. The Morgan fingerprint density at radius 1 is 1.11 bits per heavy atom. The molecule has 0 spiro atoms. The van der Waals surface area contributed by atoms with Gasteiger partial charge in [0.05, 0.1) is 11.4 Å². The number of halogens is 1. The van der Waals surface area contributed by atoms with Crippen LogP contribution in [0.2, 0.25) is 5.02 Å². The van der Waals surface area contributed by atoms with E-state index >= 15 is 0 Å². The number of nitrogens with zero attached hydrogens (tertiary/aromatic N) is 4. The van der Waals surface area contributed by atoms with Crippen LogP contribution in [-0.4, -0.2) is 63.0 Å². The van der Waals surface area contributed by atoms with Crippen molar-refractivity contribution in [2.24, 2.45) is 0 Å². The lowest BCUT2D eigenvalue weighted by atomic mass is 10.1. The van der Waals surface area contributed by atoms with E-state index in [1.807, 2.05) is 31.2 Å². The topological polar surface area (TPSA) is 44.0 Å². The third kappa shape index (κ3) is 4.07. The number of aliphatic hydroxyl groups is 1. The SMILES string of the molecule is CSc1ccc2nc(-c3ccc(Cl)cc3)c(CN3CCN(C(C)O)CC3)n2c1. The Labute approximate surface area is 174 Å².